The van der Waals surface area contributed by atoms with Crippen molar-refractivity contribution >= 4 is 0 Å². The zero-order valence-electron chi connectivity index (χ0n) is 16.2. The van der Waals surface area contributed by atoms with E-state index in [9.17, 15) is 0 Å². The average molecular weight is 351 g/mol. The average Bonchev–Trinajstić information content (AvgIpc) is 3.05. The van der Waals surface area contributed by atoms with E-state index < -0.39 is 0 Å². The number of morpholine rings is 1. The number of ether oxygens (including phenoxy) is 2. The highest BCUT2D eigenvalue weighted by molar-refractivity contribution is 5.11. The van der Waals surface area contributed by atoms with Crippen LogP contribution in [0.2, 0.25) is 0 Å². The smallest absolute Gasteiger partial charge is 0.0911 e. The Morgan fingerprint density at radius 1 is 1.36 bits per heavy atom. The van der Waals surface area contributed by atoms with Gasteiger partial charge in [0.2, 0.25) is 0 Å². The maximum Gasteiger partial charge on any atom is 0.0911 e. The second kappa shape index (κ2) is 8.16. The standard InChI is InChI=1S/C19H34N4O2/c1-15(19(24-4)9-6-5-7-10-19)20-14-17-18(22(2)12-13-25-17)16-8-11-21-23(16)3/h8,11,15,17-18,20H,5-7,9-10,12-14H2,1-4H3/t15?,17-,18-/m0/s1. The van der Waals surface area contributed by atoms with Crippen molar-refractivity contribution in [2.75, 3.05) is 33.9 Å². The van der Waals surface area contributed by atoms with E-state index in [1.165, 1.54) is 25.0 Å². The van der Waals surface area contributed by atoms with Gasteiger partial charge in [0.25, 0.3) is 0 Å². The van der Waals surface area contributed by atoms with Gasteiger partial charge >= 0.3 is 0 Å². The van der Waals surface area contributed by atoms with Crippen molar-refractivity contribution in [3.63, 3.8) is 0 Å². The van der Waals surface area contributed by atoms with Crippen LogP contribution in [0.5, 0.6) is 0 Å². The Morgan fingerprint density at radius 2 is 2.12 bits per heavy atom. The lowest BCUT2D eigenvalue weighted by molar-refractivity contribution is -0.0826. The van der Waals surface area contributed by atoms with Crippen molar-refractivity contribution in [1.82, 2.24) is 20.0 Å². The Balaban J connectivity index is 1.66. The lowest BCUT2D eigenvalue weighted by Gasteiger charge is -2.43. The molecule has 1 aliphatic heterocycles. The topological polar surface area (TPSA) is 51.5 Å². The van der Waals surface area contributed by atoms with E-state index in [2.05, 4.69) is 35.4 Å². The van der Waals surface area contributed by atoms with E-state index in [1.54, 1.807) is 0 Å². The first-order valence-electron chi connectivity index (χ1n) is 9.66. The summed E-state index contributed by atoms with van der Waals surface area (Å²) >= 11 is 0. The molecule has 142 valence electrons. The minimum atomic E-state index is -0.0269. The molecule has 2 fully saturated rings. The van der Waals surface area contributed by atoms with Crippen molar-refractivity contribution in [2.45, 2.75) is 62.8 Å². The molecule has 1 N–H and O–H groups in total. The van der Waals surface area contributed by atoms with Gasteiger partial charge in [0, 0.05) is 39.5 Å². The summed E-state index contributed by atoms with van der Waals surface area (Å²) < 4.78 is 14.1. The zero-order chi connectivity index (χ0) is 17.9. The van der Waals surface area contributed by atoms with Gasteiger partial charge in [-0.25, -0.2) is 0 Å². The summed E-state index contributed by atoms with van der Waals surface area (Å²) in [5.41, 5.74) is 1.18. The van der Waals surface area contributed by atoms with Gasteiger partial charge in [-0.05, 0) is 32.9 Å². The lowest BCUT2D eigenvalue weighted by atomic mass is 9.79. The normalized spacial score (nSPS) is 28.8. The van der Waals surface area contributed by atoms with Gasteiger partial charge in [-0.2, -0.15) is 5.10 Å². The van der Waals surface area contributed by atoms with Gasteiger partial charge in [0.15, 0.2) is 0 Å². The van der Waals surface area contributed by atoms with Gasteiger partial charge in [-0.15, -0.1) is 0 Å². The maximum atomic E-state index is 6.16. The fourth-order valence-corrected chi connectivity index (χ4v) is 4.57. The van der Waals surface area contributed by atoms with E-state index in [-0.39, 0.29) is 17.7 Å². The summed E-state index contributed by atoms with van der Waals surface area (Å²) in [6, 6.07) is 2.65. The van der Waals surface area contributed by atoms with E-state index in [0.29, 0.717) is 6.04 Å². The number of hydrogen-bond donors (Lipinski definition) is 1. The van der Waals surface area contributed by atoms with Crippen LogP contribution in [-0.2, 0) is 16.5 Å². The van der Waals surface area contributed by atoms with E-state index in [1.807, 2.05) is 25.0 Å². The first kappa shape index (κ1) is 18.8. The number of methoxy groups -OCH3 is 1. The molecule has 0 spiro atoms. The molecule has 1 saturated carbocycles. The largest absolute Gasteiger partial charge is 0.377 e. The third-order valence-electron chi connectivity index (χ3n) is 6.29. The van der Waals surface area contributed by atoms with Crippen LogP contribution in [0.15, 0.2) is 12.3 Å². The number of aromatic nitrogens is 2. The number of nitrogens with zero attached hydrogens (tertiary/aromatic N) is 3. The summed E-state index contributed by atoms with van der Waals surface area (Å²) in [6.45, 7) is 4.82. The predicted molar refractivity (Wildman–Crippen MR) is 98.6 cm³/mol. The predicted octanol–water partition coefficient (Wildman–Crippen LogP) is 2.12. The molecule has 0 amide bonds. The number of aryl methyl sites for hydroxylation is 1. The quantitative estimate of drug-likeness (QED) is 0.852. The molecule has 0 bridgehead atoms. The second-order valence-corrected chi connectivity index (χ2v) is 7.67. The van der Waals surface area contributed by atoms with E-state index >= 15 is 0 Å². The van der Waals surface area contributed by atoms with Gasteiger partial charge in [0.05, 0.1) is 30.0 Å². The van der Waals surface area contributed by atoms with E-state index in [4.69, 9.17) is 9.47 Å². The molecule has 0 aromatic carbocycles. The third kappa shape index (κ3) is 3.92. The van der Waals surface area contributed by atoms with Crippen molar-refractivity contribution in [3.8, 4) is 0 Å². The fourth-order valence-electron chi connectivity index (χ4n) is 4.57. The molecule has 3 rings (SSSR count). The molecule has 3 atom stereocenters. The minimum Gasteiger partial charge on any atom is -0.377 e. The molecule has 2 aliphatic rings. The van der Waals surface area contributed by atoms with Crippen LogP contribution in [0.4, 0.5) is 0 Å². The lowest BCUT2D eigenvalue weighted by Crippen LogP contribution is -2.55. The van der Waals surface area contributed by atoms with Crippen molar-refractivity contribution in [2.24, 2.45) is 7.05 Å². The molecule has 0 radical (unpaired) electrons. The highest BCUT2D eigenvalue weighted by atomic mass is 16.5. The monoisotopic (exact) mass is 350 g/mol. The van der Waals surface area contributed by atoms with Crippen molar-refractivity contribution < 1.29 is 9.47 Å². The Bertz CT molecular complexity index is 541. The van der Waals surface area contributed by atoms with Gasteiger partial charge < -0.3 is 14.8 Å². The molecular weight excluding hydrogens is 316 g/mol. The number of nitrogens with one attached hydrogen (secondary N) is 1. The molecule has 25 heavy (non-hydrogen) atoms. The highest BCUT2D eigenvalue weighted by Gasteiger charge is 2.39. The maximum absolute atomic E-state index is 6.16. The van der Waals surface area contributed by atoms with Crippen LogP contribution in [0.3, 0.4) is 0 Å². The SMILES string of the molecule is COC1(C(C)NC[C@@H]2OCCN(C)[C@H]2c2ccnn2C)CCCCC1. The second-order valence-electron chi connectivity index (χ2n) is 7.67. The van der Waals surface area contributed by atoms with Crippen LogP contribution >= 0.6 is 0 Å². The molecule has 1 saturated heterocycles. The first-order valence-corrected chi connectivity index (χ1v) is 9.66. The summed E-state index contributed by atoms with van der Waals surface area (Å²) in [7, 11) is 6.05. The van der Waals surface area contributed by atoms with Gasteiger partial charge in [-0.3, -0.25) is 9.58 Å². The third-order valence-corrected chi connectivity index (χ3v) is 6.29. The van der Waals surface area contributed by atoms with E-state index in [0.717, 1.165) is 32.5 Å². The number of rotatable bonds is 6. The fraction of sp³-hybridized carbons (Fsp3) is 0.842. The number of hydrogen-bond acceptors (Lipinski definition) is 5. The van der Waals surface area contributed by atoms with Crippen LogP contribution in [0, 0.1) is 0 Å². The molecule has 2 heterocycles. The van der Waals surface area contributed by atoms with Crippen LogP contribution in [0.25, 0.3) is 0 Å². The molecular formula is C19H34N4O2. The molecule has 6 heteroatoms. The van der Waals surface area contributed by atoms with Crippen LogP contribution in [-0.4, -0.2) is 66.3 Å². The van der Waals surface area contributed by atoms with Crippen molar-refractivity contribution in [3.05, 3.63) is 18.0 Å². The summed E-state index contributed by atoms with van der Waals surface area (Å²) in [5.74, 6) is 0. The zero-order valence-corrected chi connectivity index (χ0v) is 16.2. The van der Waals surface area contributed by atoms with Crippen LogP contribution < -0.4 is 5.32 Å². The molecule has 1 aromatic heterocycles. The Morgan fingerprint density at radius 3 is 2.76 bits per heavy atom. The summed E-state index contributed by atoms with van der Waals surface area (Å²) in [4.78, 5) is 2.38. The molecule has 1 unspecified atom stereocenters. The first-order chi connectivity index (χ1) is 12.1. The summed E-state index contributed by atoms with van der Waals surface area (Å²) in [6.07, 6.45) is 8.14. The summed E-state index contributed by atoms with van der Waals surface area (Å²) in [5, 5.41) is 8.09. The molecule has 1 aromatic rings. The van der Waals surface area contributed by atoms with Crippen molar-refractivity contribution in [1.29, 1.82) is 0 Å². The Labute approximate surface area is 151 Å². The van der Waals surface area contributed by atoms with Gasteiger partial charge in [0.1, 0.15) is 0 Å². The Hall–Kier alpha value is -0.950. The Kier molecular flexibility index (Phi) is 6.15. The number of likely N-dealkylation sites (N-methyl/N-ethyl adjacent to an activating group) is 1. The molecule has 1 aliphatic carbocycles. The van der Waals surface area contributed by atoms with Gasteiger partial charge in [-0.1, -0.05) is 19.3 Å². The highest BCUT2D eigenvalue weighted by Crippen LogP contribution is 2.34. The molecule has 6 nitrogen and oxygen atoms in total. The minimum absolute atomic E-state index is 0.0269. The van der Waals surface area contributed by atoms with Crippen LogP contribution in [0.1, 0.15) is 50.8 Å².